The fourth-order valence-corrected chi connectivity index (χ4v) is 1.31. The van der Waals surface area contributed by atoms with E-state index in [-0.39, 0.29) is 18.8 Å². The number of rotatable bonds is 6. The van der Waals surface area contributed by atoms with E-state index in [4.69, 9.17) is 9.84 Å². The minimum absolute atomic E-state index is 0.131. The SMILES string of the molecule is CC(C)Oc1ccc(CN[C@@H](C)CO)cc1. The molecule has 3 nitrogen and oxygen atoms in total. The molecule has 1 rings (SSSR count). The van der Waals surface area contributed by atoms with Crippen LogP contribution in [0.25, 0.3) is 0 Å². The zero-order chi connectivity index (χ0) is 12.0. The number of aliphatic hydroxyl groups is 1. The largest absolute Gasteiger partial charge is 0.491 e. The van der Waals surface area contributed by atoms with E-state index in [1.54, 1.807) is 0 Å². The van der Waals surface area contributed by atoms with Gasteiger partial charge in [-0.3, -0.25) is 0 Å². The molecular formula is C13H21NO2. The van der Waals surface area contributed by atoms with Crippen molar-refractivity contribution in [3.05, 3.63) is 29.8 Å². The van der Waals surface area contributed by atoms with Crippen LogP contribution in [-0.2, 0) is 6.54 Å². The van der Waals surface area contributed by atoms with Gasteiger partial charge >= 0.3 is 0 Å². The highest BCUT2D eigenvalue weighted by Crippen LogP contribution is 2.13. The van der Waals surface area contributed by atoms with Gasteiger partial charge in [-0.05, 0) is 38.5 Å². The Morgan fingerprint density at radius 3 is 2.31 bits per heavy atom. The van der Waals surface area contributed by atoms with Gasteiger partial charge in [-0.2, -0.15) is 0 Å². The van der Waals surface area contributed by atoms with Gasteiger partial charge in [0.2, 0.25) is 0 Å². The van der Waals surface area contributed by atoms with Gasteiger partial charge in [-0.15, -0.1) is 0 Å². The molecule has 0 saturated carbocycles. The molecule has 90 valence electrons. The van der Waals surface area contributed by atoms with Gasteiger partial charge in [-0.25, -0.2) is 0 Å². The zero-order valence-electron chi connectivity index (χ0n) is 10.2. The summed E-state index contributed by atoms with van der Waals surface area (Å²) in [4.78, 5) is 0. The third kappa shape index (κ3) is 4.64. The minimum Gasteiger partial charge on any atom is -0.491 e. The first-order valence-electron chi connectivity index (χ1n) is 5.71. The second-order valence-corrected chi connectivity index (χ2v) is 4.28. The van der Waals surface area contributed by atoms with Crippen molar-refractivity contribution in [2.75, 3.05) is 6.61 Å². The van der Waals surface area contributed by atoms with Crippen molar-refractivity contribution in [2.24, 2.45) is 0 Å². The molecule has 0 unspecified atom stereocenters. The molecule has 0 aliphatic rings. The lowest BCUT2D eigenvalue weighted by Gasteiger charge is -2.12. The molecular weight excluding hydrogens is 202 g/mol. The molecule has 0 amide bonds. The topological polar surface area (TPSA) is 41.5 Å². The summed E-state index contributed by atoms with van der Waals surface area (Å²) in [5.74, 6) is 0.897. The quantitative estimate of drug-likeness (QED) is 0.774. The molecule has 3 heteroatoms. The summed E-state index contributed by atoms with van der Waals surface area (Å²) in [6.07, 6.45) is 0.207. The number of ether oxygens (including phenoxy) is 1. The molecule has 0 heterocycles. The molecule has 1 aromatic rings. The molecule has 0 aliphatic carbocycles. The van der Waals surface area contributed by atoms with E-state index in [1.807, 2.05) is 45.0 Å². The Labute approximate surface area is 97.4 Å². The Morgan fingerprint density at radius 1 is 1.19 bits per heavy atom. The van der Waals surface area contributed by atoms with E-state index in [1.165, 1.54) is 5.56 Å². The Morgan fingerprint density at radius 2 is 1.81 bits per heavy atom. The first kappa shape index (κ1) is 13.0. The van der Waals surface area contributed by atoms with Crippen LogP contribution in [0.5, 0.6) is 5.75 Å². The smallest absolute Gasteiger partial charge is 0.119 e. The van der Waals surface area contributed by atoms with E-state index >= 15 is 0 Å². The summed E-state index contributed by atoms with van der Waals surface area (Å²) in [5, 5.41) is 12.1. The first-order chi connectivity index (χ1) is 7.61. The molecule has 0 spiro atoms. The van der Waals surface area contributed by atoms with Gasteiger partial charge < -0.3 is 15.2 Å². The number of hydrogen-bond donors (Lipinski definition) is 2. The second-order valence-electron chi connectivity index (χ2n) is 4.28. The maximum atomic E-state index is 8.87. The van der Waals surface area contributed by atoms with Gasteiger partial charge in [0, 0.05) is 12.6 Å². The van der Waals surface area contributed by atoms with E-state index in [0.29, 0.717) is 0 Å². The van der Waals surface area contributed by atoms with E-state index < -0.39 is 0 Å². The lowest BCUT2D eigenvalue weighted by atomic mass is 10.2. The molecule has 16 heavy (non-hydrogen) atoms. The number of hydrogen-bond acceptors (Lipinski definition) is 3. The Kier molecular flexibility index (Phi) is 5.29. The van der Waals surface area contributed by atoms with Crippen molar-refractivity contribution in [3.8, 4) is 5.75 Å². The average Bonchev–Trinajstić information content (AvgIpc) is 2.27. The molecule has 2 N–H and O–H groups in total. The Hall–Kier alpha value is -1.06. The van der Waals surface area contributed by atoms with Crippen molar-refractivity contribution >= 4 is 0 Å². The van der Waals surface area contributed by atoms with Crippen LogP contribution in [0, 0.1) is 0 Å². The third-order valence-corrected chi connectivity index (χ3v) is 2.22. The lowest BCUT2D eigenvalue weighted by molar-refractivity contribution is 0.242. The summed E-state index contributed by atoms with van der Waals surface area (Å²) in [7, 11) is 0. The molecule has 1 atom stereocenters. The first-order valence-corrected chi connectivity index (χ1v) is 5.71. The zero-order valence-corrected chi connectivity index (χ0v) is 10.2. The highest BCUT2D eigenvalue weighted by atomic mass is 16.5. The number of nitrogens with one attached hydrogen (secondary N) is 1. The van der Waals surface area contributed by atoms with Crippen molar-refractivity contribution < 1.29 is 9.84 Å². The Bertz CT molecular complexity index is 295. The van der Waals surface area contributed by atoms with E-state index in [2.05, 4.69) is 5.32 Å². The second kappa shape index (κ2) is 6.51. The van der Waals surface area contributed by atoms with Crippen molar-refractivity contribution in [1.29, 1.82) is 0 Å². The minimum atomic E-state index is 0.131. The van der Waals surface area contributed by atoms with Gasteiger partial charge in [0.25, 0.3) is 0 Å². The van der Waals surface area contributed by atoms with Crippen LogP contribution in [0.2, 0.25) is 0 Å². The number of aliphatic hydroxyl groups excluding tert-OH is 1. The maximum Gasteiger partial charge on any atom is 0.119 e. The van der Waals surface area contributed by atoms with E-state index in [9.17, 15) is 0 Å². The van der Waals surface area contributed by atoms with Crippen LogP contribution >= 0.6 is 0 Å². The number of benzene rings is 1. The summed E-state index contributed by atoms with van der Waals surface area (Å²) >= 11 is 0. The molecule has 0 aliphatic heterocycles. The van der Waals surface area contributed by atoms with Crippen LogP contribution in [0.15, 0.2) is 24.3 Å². The highest BCUT2D eigenvalue weighted by Gasteiger charge is 2.00. The van der Waals surface area contributed by atoms with Crippen molar-refractivity contribution in [3.63, 3.8) is 0 Å². The normalized spacial score (nSPS) is 12.8. The summed E-state index contributed by atoms with van der Waals surface area (Å²) in [6.45, 7) is 6.91. The highest BCUT2D eigenvalue weighted by molar-refractivity contribution is 5.27. The molecule has 0 saturated heterocycles. The lowest BCUT2D eigenvalue weighted by Crippen LogP contribution is -2.28. The van der Waals surface area contributed by atoms with Gasteiger partial charge in [-0.1, -0.05) is 12.1 Å². The maximum absolute atomic E-state index is 8.87. The van der Waals surface area contributed by atoms with Gasteiger partial charge in [0.15, 0.2) is 0 Å². The van der Waals surface area contributed by atoms with Gasteiger partial charge in [0.1, 0.15) is 5.75 Å². The standard InChI is InChI=1S/C13H21NO2/c1-10(2)16-13-6-4-12(5-7-13)8-14-11(3)9-15/h4-7,10-11,14-15H,8-9H2,1-3H3/t11-/m0/s1. The van der Waals surface area contributed by atoms with Crippen molar-refractivity contribution in [1.82, 2.24) is 5.32 Å². The van der Waals surface area contributed by atoms with Crippen LogP contribution in [0.1, 0.15) is 26.3 Å². The molecule has 0 bridgehead atoms. The van der Waals surface area contributed by atoms with E-state index in [0.717, 1.165) is 12.3 Å². The monoisotopic (exact) mass is 223 g/mol. The average molecular weight is 223 g/mol. The van der Waals surface area contributed by atoms with Crippen LogP contribution < -0.4 is 10.1 Å². The fraction of sp³-hybridized carbons (Fsp3) is 0.538. The Balaban J connectivity index is 2.45. The fourth-order valence-electron chi connectivity index (χ4n) is 1.31. The van der Waals surface area contributed by atoms with Crippen LogP contribution in [-0.4, -0.2) is 23.9 Å². The summed E-state index contributed by atoms with van der Waals surface area (Å²) in [5.41, 5.74) is 1.19. The molecule has 1 aromatic carbocycles. The third-order valence-electron chi connectivity index (χ3n) is 2.22. The van der Waals surface area contributed by atoms with Gasteiger partial charge in [0.05, 0.1) is 12.7 Å². The van der Waals surface area contributed by atoms with Crippen LogP contribution in [0.4, 0.5) is 0 Å². The van der Waals surface area contributed by atoms with Crippen LogP contribution in [0.3, 0.4) is 0 Å². The predicted molar refractivity (Wildman–Crippen MR) is 65.6 cm³/mol. The molecule has 0 fully saturated rings. The summed E-state index contributed by atoms with van der Waals surface area (Å²) < 4.78 is 5.56. The van der Waals surface area contributed by atoms with Crippen molar-refractivity contribution in [2.45, 2.75) is 39.5 Å². The summed E-state index contributed by atoms with van der Waals surface area (Å²) in [6, 6.07) is 8.15. The molecule has 0 radical (unpaired) electrons. The molecule has 0 aromatic heterocycles. The predicted octanol–water partition coefficient (Wildman–Crippen LogP) is 1.94.